The summed E-state index contributed by atoms with van der Waals surface area (Å²) < 4.78 is 20.6. The molecule has 3 heterocycles. The molecule has 2 aromatic heterocycles. The van der Waals surface area contributed by atoms with E-state index in [9.17, 15) is 9.18 Å². The highest BCUT2D eigenvalue weighted by Gasteiger charge is 2.26. The van der Waals surface area contributed by atoms with Crippen molar-refractivity contribution in [2.24, 2.45) is 5.73 Å². The zero-order valence-corrected chi connectivity index (χ0v) is 20.2. The highest BCUT2D eigenvalue weighted by molar-refractivity contribution is 5.84. The first kappa shape index (κ1) is 23.9. The highest BCUT2D eigenvalue weighted by atomic mass is 19.1. The number of benzene rings is 2. The van der Waals surface area contributed by atoms with E-state index < -0.39 is 11.9 Å². The summed E-state index contributed by atoms with van der Waals surface area (Å²) in [7, 11) is 0. The zero-order chi connectivity index (χ0) is 25.1. The Balaban J connectivity index is 1.17. The van der Waals surface area contributed by atoms with Crippen molar-refractivity contribution >= 4 is 16.9 Å². The molecule has 1 aliphatic rings. The van der Waals surface area contributed by atoms with Gasteiger partial charge >= 0.3 is 0 Å². The van der Waals surface area contributed by atoms with Crippen molar-refractivity contribution in [3.63, 3.8) is 0 Å². The van der Waals surface area contributed by atoms with Crippen LogP contribution in [0, 0.1) is 12.7 Å². The molecule has 1 fully saturated rings. The number of hydrogen-bond acceptors (Lipinski definition) is 6. The van der Waals surface area contributed by atoms with Gasteiger partial charge in [0.05, 0.1) is 11.4 Å². The van der Waals surface area contributed by atoms with Gasteiger partial charge in [-0.15, -0.1) is 0 Å². The first-order chi connectivity index (χ1) is 17.5. The van der Waals surface area contributed by atoms with Gasteiger partial charge < -0.3 is 20.4 Å². The fourth-order valence-electron chi connectivity index (χ4n) is 4.56. The van der Waals surface area contributed by atoms with Gasteiger partial charge in [-0.25, -0.2) is 14.4 Å². The third kappa shape index (κ3) is 5.22. The lowest BCUT2D eigenvalue weighted by atomic mass is 10.0. The normalized spacial score (nSPS) is 15.2. The van der Waals surface area contributed by atoms with Crippen LogP contribution in [0.2, 0.25) is 0 Å². The lowest BCUT2D eigenvalue weighted by Crippen LogP contribution is -2.53. The number of ether oxygens (including phenoxy) is 1. The minimum Gasteiger partial charge on any atom is -0.435 e. The Morgan fingerprint density at radius 3 is 2.64 bits per heavy atom. The molecule has 0 bridgehead atoms. The zero-order valence-electron chi connectivity index (χ0n) is 20.2. The van der Waals surface area contributed by atoms with Crippen LogP contribution in [0.5, 0.6) is 11.6 Å². The number of aromatic nitrogens is 3. The SMILES string of the molecule is Cc1c[nH]c2ncnc(Oc3ccc(C[C@H](N)C(=O)N4CCN(Cc5ccccc5)CC4)cc3F)c12. The van der Waals surface area contributed by atoms with Gasteiger partial charge in [-0.3, -0.25) is 9.69 Å². The minimum atomic E-state index is -0.735. The van der Waals surface area contributed by atoms with E-state index >= 15 is 0 Å². The quantitative estimate of drug-likeness (QED) is 0.414. The number of halogens is 1. The Morgan fingerprint density at radius 2 is 1.89 bits per heavy atom. The molecular formula is C27H29FN6O2. The van der Waals surface area contributed by atoms with Crippen molar-refractivity contribution in [3.05, 3.63) is 83.6 Å². The number of nitrogens with one attached hydrogen (secondary N) is 1. The molecule has 1 saturated heterocycles. The summed E-state index contributed by atoms with van der Waals surface area (Å²) in [5, 5.41) is 0.706. The molecule has 36 heavy (non-hydrogen) atoms. The van der Waals surface area contributed by atoms with Crippen LogP contribution < -0.4 is 10.5 Å². The van der Waals surface area contributed by atoms with E-state index in [1.165, 1.54) is 18.0 Å². The summed E-state index contributed by atoms with van der Waals surface area (Å²) in [6, 6.07) is 14.2. The Labute approximate surface area is 208 Å². The van der Waals surface area contributed by atoms with Gasteiger partial charge in [0.15, 0.2) is 11.6 Å². The number of H-pyrrole nitrogens is 1. The average Bonchev–Trinajstić information content (AvgIpc) is 3.28. The Hall–Kier alpha value is -3.82. The molecule has 186 valence electrons. The van der Waals surface area contributed by atoms with E-state index in [-0.39, 0.29) is 24.0 Å². The van der Waals surface area contributed by atoms with Crippen molar-refractivity contribution in [2.45, 2.75) is 25.9 Å². The molecule has 0 unspecified atom stereocenters. The van der Waals surface area contributed by atoms with E-state index in [1.54, 1.807) is 23.2 Å². The maximum absolute atomic E-state index is 14.9. The number of amides is 1. The fraction of sp³-hybridized carbons (Fsp3) is 0.296. The highest BCUT2D eigenvalue weighted by Crippen LogP contribution is 2.30. The van der Waals surface area contributed by atoms with Crippen LogP contribution in [-0.2, 0) is 17.8 Å². The van der Waals surface area contributed by atoms with E-state index in [2.05, 4.69) is 32.0 Å². The Morgan fingerprint density at radius 1 is 1.11 bits per heavy atom. The maximum Gasteiger partial charge on any atom is 0.239 e. The molecule has 5 rings (SSSR count). The molecule has 4 aromatic rings. The van der Waals surface area contributed by atoms with Crippen molar-refractivity contribution in [2.75, 3.05) is 26.2 Å². The first-order valence-corrected chi connectivity index (χ1v) is 12.0. The fourth-order valence-corrected chi connectivity index (χ4v) is 4.56. The lowest BCUT2D eigenvalue weighted by molar-refractivity contribution is -0.134. The molecule has 2 aromatic carbocycles. The molecule has 8 nitrogen and oxygen atoms in total. The van der Waals surface area contributed by atoms with Crippen LogP contribution in [0.15, 0.2) is 61.1 Å². The van der Waals surface area contributed by atoms with E-state index in [1.807, 2.05) is 25.1 Å². The molecular weight excluding hydrogens is 459 g/mol. The van der Waals surface area contributed by atoms with Gasteiger partial charge in [0.25, 0.3) is 0 Å². The van der Waals surface area contributed by atoms with E-state index in [4.69, 9.17) is 10.5 Å². The van der Waals surface area contributed by atoms with Crippen molar-refractivity contribution in [1.82, 2.24) is 24.8 Å². The molecule has 0 spiro atoms. The summed E-state index contributed by atoms with van der Waals surface area (Å²) in [6.45, 7) is 5.62. The van der Waals surface area contributed by atoms with Crippen molar-refractivity contribution in [3.8, 4) is 11.6 Å². The minimum absolute atomic E-state index is 0.0498. The predicted molar refractivity (Wildman–Crippen MR) is 135 cm³/mol. The number of rotatable bonds is 7. The monoisotopic (exact) mass is 488 g/mol. The molecule has 0 aliphatic carbocycles. The van der Waals surface area contributed by atoms with Crippen molar-refractivity contribution < 1.29 is 13.9 Å². The first-order valence-electron chi connectivity index (χ1n) is 12.0. The van der Waals surface area contributed by atoms with Crippen molar-refractivity contribution in [1.29, 1.82) is 0 Å². The number of hydrogen-bond donors (Lipinski definition) is 2. The smallest absolute Gasteiger partial charge is 0.239 e. The second-order valence-electron chi connectivity index (χ2n) is 9.14. The van der Waals surface area contributed by atoms with Gasteiger partial charge in [-0.1, -0.05) is 36.4 Å². The van der Waals surface area contributed by atoms with Crippen LogP contribution >= 0.6 is 0 Å². The van der Waals surface area contributed by atoms with Gasteiger partial charge in [0, 0.05) is 38.9 Å². The second kappa shape index (κ2) is 10.4. The third-order valence-electron chi connectivity index (χ3n) is 6.54. The Kier molecular flexibility index (Phi) is 6.92. The summed E-state index contributed by atoms with van der Waals surface area (Å²) in [6.07, 6.45) is 3.41. The molecule has 0 saturated carbocycles. The number of aromatic amines is 1. The number of piperazine rings is 1. The molecule has 1 amide bonds. The van der Waals surface area contributed by atoms with Crippen LogP contribution in [0.3, 0.4) is 0 Å². The summed E-state index contributed by atoms with van der Waals surface area (Å²) >= 11 is 0. The maximum atomic E-state index is 14.9. The number of nitrogens with zero attached hydrogens (tertiary/aromatic N) is 4. The van der Waals surface area contributed by atoms with Gasteiger partial charge in [-0.2, -0.15) is 0 Å². The van der Waals surface area contributed by atoms with Crippen LogP contribution in [0.4, 0.5) is 4.39 Å². The topological polar surface area (TPSA) is 100 Å². The lowest BCUT2D eigenvalue weighted by Gasteiger charge is -2.36. The molecule has 1 atom stereocenters. The number of carbonyl (C=O) groups excluding carboxylic acids is 1. The van der Waals surface area contributed by atoms with Crippen LogP contribution in [0.1, 0.15) is 16.7 Å². The van der Waals surface area contributed by atoms with Crippen LogP contribution in [-0.4, -0.2) is 62.9 Å². The number of nitrogens with two attached hydrogens (primary N) is 1. The largest absolute Gasteiger partial charge is 0.435 e. The standard InChI is InChI=1S/C27H29FN6O2/c1-18-15-30-25-24(18)26(32-17-31-25)36-23-8-7-20(13-21(23)28)14-22(29)27(35)34-11-9-33(10-12-34)16-19-5-3-2-4-6-19/h2-8,13,15,17,22H,9-12,14,16,29H2,1H3,(H,30,31,32)/t22-/m0/s1. The molecule has 1 aliphatic heterocycles. The van der Waals surface area contributed by atoms with Crippen LogP contribution in [0.25, 0.3) is 11.0 Å². The van der Waals surface area contributed by atoms with Gasteiger partial charge in [-0.05, 0) is 42.2 Å². The summed E-state index contributed by atoms with van der Waals surface area (Å²) in [4.78, 5) is 28.4. The summed E-state index contributed by atoms with van der Waals surface area (Å²) in [5.74, 6) is -0.319. The number of carbonyl (C=O) groups is 1. The van der Waals surface area contributed by atoms with Gasteiger partial charge in [0.2, 0.25) is 11.8 Å². The number of aryl methyl sites for hydroxylation is 1. The van der Waals surface area contributed by atoms with Gasteiger partial charge in [0.1, 0.15) is 12.0 Å². The molecule has 9 heteroatoms. The Bertz CT molecular complexity index is 1350. The van der Waals surface area contributed by atoms with E-state index in [0.717, 1.165) is 25.2 Å². The average molecular weight is 489 g/mol. The molecule has 3 N–H and O–H groups in total. The van der Waals surface area contributed by atoms with E-state index in [0.29, 0.717) is 29.7 Å². The number of fused-ring (bicyclic) bond motifs is 1. The second-order valence-corrected chi connectivity index (χ2v) is 9.14. The summed E-state index contributed by atoms with van der Waals surface area (Å²) in [5.41, 5.74) is 9.66. The molecule has 0 radical (unpaired) electrons. The third-order valence-corrected chi connectivity index (χ3v) is 6.54. The predicted octanol–water partition coefficient (Wildman–Crippen LogP) is 3.41.